The molecule has 1 rings (SSSR count). The summed E-state index contributed by atoms with van der Waals surface area (Å²) in [4.78, 5) is 4.13. The number of benzene rings is 1. The summed E-state index contributed by atoms with van der Waals surface area (Å²) >= 11 is 6.00. The van der Waals surface area contributed by atoms with Crippen molar-refractivity contribution < 1.29 is 9.47 Å². The van der Waals surface area contributed by atoms with Gasteiger partial charge in [-0.15, -0.1) is 24.0 Å². The summed E-state index contributed by atoms with van der Waals surface area (Å²) in [7, 11) is 3.40. The van der Waals surface area contributed by atoms with Crippen molar-refractivity contribution in [2.24, 2.45) is 4.99 Å². The van der Waals surface area contributed by atoms with Crippen molar-refractivity contribution in [1.29, 1.82) is 0 Å². The first-order valence-corrected chi connectivity index (χ1v) is 6.88. The van der Waals surface area contributed by atoms with Crippen LogP contribution in [-0.4, -0.2) is 45.9 Å². The van der Waals surface area contributed by atoms with E-state index in [9.17, 15) is 0 Å². The van der Waals surface area contributed by atoms with Crippen LogP contribution in [0.2, 0.25) is 5.02 Å². The van der Waals surface area contributed by atoms with Gasteiger partial charge in [0.05, 0.1) is 18.2 Å². The number of para-hydroxylation sites is 1. The largest absolute Gasteiger partial charge is 0.490 e. The lowest BCUT2D eigenvalue weighted by atomic mass is 10.3. The van der Waals surface area contributed by atoms with Crippen LogP contribution >= 0.6 is 35.6 Å². The van der Waals surface area contributed by atoms with Gasteiger partial charge in [0.25, 0.3) is 0 Å². The molecule has 0 spiro atoms. The molecule has 2 N–H and O–H groups in total. The lowest BCUT2D eigenvalue weighted by Gasteiger charge is -2.17. The molecule has 21 heavy (non-hydrogen) atoms. The minimum Gasteiger partial charge on any atom is -0.490 e. The zero-order chi connectivity index (χ0) is 14.8. The number of methoxy groups -OCH3 is 1. The van der Waals surface area contributed by atoms with Gasteiger partial charge in [-0.05, 0) is 19.1 Å². The van der Waals surface area contributed by atoms with E-state index in [1.54, 1.807) is 20.2 Å². The first-order chi connectivity index (χ1) is 9.67. The fraction of sp³-hybridized carbons (Fsp3) is 0.500. The van der Waals surface area contributed by atoms with Crippen molar-refractivity contribution in [3.8, 4) is 5.75 Å². The molecule has 0 aliphatic carbocycles. The summed E-state index contributed by atoms with van der Waals surface area (Å²) in [5, 5.41) is 6.99. The maximum Gasteiger partial charge on any atom is 0.191 e. The zero-order valence-electron chi connectivity index (χ0n) is 12.6. The Morgan fingerprint density at radius 1 is 1.38 bits per heavy atom. The van der Waals surface area contributed by atoms with Crippen molar-refractivity contribution in [2.45, 2.75) is 13.0 Å². The standard InChI is InChI=1S/C14H22ClN3O2.HI/c1-11(10-19-3)18-14(16-2)17-8-9-20-13-7-5-4-6-12(13)15;/h4-7,11H,8-10H2,1-3H3,(H2,16,17,18);1H. The van der Waals surface area contributed by atoms with Crippen LogP contribution in [0, 0.1) is 0 Å². The Kier molecular flexibility index (Phi) is 11.5. The minimum absolute atomic E-state index is 0. The van der Waals surface area contributed by atoms with Gasteiger partial charge in [0, 0.05) is 20.2 Å². The van der Waals surface area contributed by atoms with E-state index in [1.807, 2.05) is 25.1 Å². The molecule has 1 aromatic rings. The third-order valence-corrected chi connectivity index (χ3v) is 2.82. The molecule has 120 valence electrons. The number of hydrogen-bond donors (Lipinski definition) is 2. The lowest BCUT2D eigenvalue weighted by Crippen LogP contribution is -2.45. The van der Waals surface area contributed by atoms with Gasteiger partial charge < -0.3 is 20.1 Å². The second-order valence-corrected chi connectivity index (χ2v) is 4.69. The van der Waals surface area contributed by atoms with E-state index < -0.39 is 0 Å². The first-order valence-electron chi connectivity index (χ1n) is 6.50. The Balaban J connectivity index is 0.00000400. The summed E-state index contributed by atoms with van der Waals surface area (Å²) in [6.07, 6.45) is 0. The number of guanidine groups is 1. The summed E-state index contributed by atoms with van der Waals surface area (Å²) in [5.41, 5.74) is 0. The van der Waals surface area contributed by atoms with Crippen molar-refractivity contribution in [2.75, 3.05) is 33.9 Å². The number of nitrogens with one attached hydrogen (secondary N) is 2. The lowest BCUT2D eigenvalue weighted by molar-refractivity contribution is 0.179. The molecule has 1 atom stereocenters. The van der Waals surface area contributed by atoms with Crippen LogP contribution in [0.5, 0.6) is 5.75 Å². The molecule has 5 nitrogen and oxygen atoms in total. The van der Waals surface area contributed by atoms with Gasteiger partial charge in [-0.3, -0.25) is 4.99 Å². The topological polar surface area (TPSA) is 54.9 Å². The molecule has 0 aliphatic heterocycles. The Hall–Kier alpha value is -0.730. The van der Waals surface area contributed by atoms with E-state index in [-0.39, 0.29) is 30.0 Å². The Labute approximate surface area is 148 Å². The Morgan fingerprint density at radius 3 is 2.71 bits per heavy atom. The van der Waals surface area contributed by atoms with Gasteiger partial charge in [0.1, 0.15) is 12.4 Å². The minimum atomic E-state index is 0. The van der Waals surface area contributed by atoms with Crippen LogP contribution in [0.25, 0.3) is 0 Å². The van der Waals surface area contributed by atoms with Crippen LogP contribution in [0.15, 0.2) is 29.3 Å². The summed E-state index contributed by atoms with van der Waals surface area (Å²) in [6.45, 7) is 3.78. The SMILES string of the molecule is CN=C(NCCOc1ccccc1Cl)NC(C)COC.I. The highest BCUT2D eigenvalue weighted by Crippen LogP contribution is 2.22. The van der Waals surface area contributed by atoms with E-state index in [0.29, 0.717) is 30.5 Å². The van der Waals surface area contributed by atoms with Crippen LogP contribution in [-0.2, 0) is 4.74 Å². The fourth-order valence-electron chi connectivity index (χ4n) is 1.61. The van der Waals surface area contributed by atoms with Crippen molar-refractivity contribution in [3.63, 3.8) is 0 Å². The third kappa shape index (κ3) is 8.33. The number of hydrogen-bond acceptors (Lipinski definition) is 3. The maximum atomic E-state index is 6.00. The number of rotatable bonds is 7. The summed E-state index contributed by atoms with van der Waals surface area (Å²) in [6, 6.07) is 7.60. The van der Waals surface area contributed by atoms with E-state index in [0.717, 1.165) is 5.96 Å². The second kappa shape index (κ2) is 11.9. The highest BCUT2D eigenvalue weighted by atomic mass is 127. The van der Waals surface area contributed by atoms with Gasteiger partial charge in [-0.25, -0.2) is 0 Å². The average Bonchev–Trinajstić information content (AvgIpc) is 2.44. The van der Waals surface area contributed by atoms with Crippen LogP contribution in [0.1, 0.15) is 6.92 Å². The predicted octanol–water partition coefficient (Wildman–Crippen LogP) is 2.54. The number of halogens is 2. The van der Waals surface area contributed by atoms with Gasteiger partial charge >= 0.3 is 0 Å². The highest BCUT2D eigenvalue weighted by molar-refractivity contribution is 14.0. The fourth-order valence-corrected chi connectivity index (χ4v) is 1.80. The van der Waals surface area contributed by atoms with Crippen LogP contribution < -0.4 is 15.4 Å². The molecule has 1 unspecified atom stereocenters. The van der Waals surface area contributed by atoms with Gasteiger partial charge in [-0.2, -0.15) is 0 Å². The molecular weight excluding hydrogens is 405 g/mol. The molecule has 0 fully saturated rings. The molecule has 0 aromatic heterocycles. The Morgan fingerprint density at radius 2 is 2.10 bits per heavy atom. The number of aliphatic imine (C=N–C) groups is 1. The van der Waals surface area contributed by atoms with E-state index in [1.165, 1.54) is 0 Å². The predicted molar refractivity (Wildman–Crippen MR) is 98.2 cm³/mol. The quantitative estimate of drug-likeness (QED) is 0.304. The van der Waals surface area contributed by atoms with Crippen LogP contribution in [0.4, 0.5) is 0 Å². The normalized spacial score (nSPS) is 12.3. The Bertz CT molecular complexity index is 432. The summed E-state index contributed by atoms with van der Waals surface area (Å²) in [5.74, 6) is 1.41. The molecule has 0 bridgehead atoms. The summed E-state index contributed by atoms with van der Waals surface area (Å²) < 4.78 is 10.6. The molecule has 0 saturated heterocycles. The van der Waals surface area contributed by atoms with Crippen molar-refractivity contribution in [3.05, 3.63) is 29.3 Å². The second-order valence-electron chi connectivity index (χ2n) is 4.28. The molecule has 0 heterocycles. The molecule has 7 heteroatoms. The van der Waals surface area contributed by atoms with Crippen molar-refractivity contribution >= 4 is 41.5 Å². The van der Waals surface area contributed by atoms with E-state index in [4.69, 9.17) is 21.1 Å². The molecular formula is C14H23ClIN3O2. The molecule has 1 aromatic carbocycles. The van der Waals surface area contributed by atoms with Gasteiger partial charge in [-0.1, -0.05) is 23.7 Å². The molecule has 0 radical (unpaired) electrons. The molecule has 0 saturated carbocycles. The van der Waals surface area contributed by atoms with Crippen molar-refractivity contribution in [1.82, 2.24) is 10.6 Å². The molecule has 0 aliphatic rings. The van der Waals surface area contributed by atoms with Crippen LogP contribution in [0.3, 0.4) is 0 Å². The maximum absolute atomic E-state index is 6.00. The zero-order valence-corrected chi connectivity index (χ0v) is 15.6. The van der Waals surface area contributed by atoms with Gasteiger partial charge in [0.2, 0.25) is 0 Å². The number of nitrogens with zero attached hydrogens (tertiary/aromatic N) is 1. The average molecular weight is 428 g/mol. The monoisotopic (exact) mass is 427 g/mol. The molecule has 0 amide bonds. The third-order valence-electron chi connectivity index (χ3n) is 2.51. The highest BCUT2D eigenvalue weighted by Gasteiger charge is 2.04. The van der Waals surface area contributed by atoms with E-state index in [2.05, 4.69) is 15.6 Å². The number of ether oxygens (including phenoxy) is 2. The first kappa shape index (κ1) is 20.3. The smallest absolute Gasteiger partial charge is 0.191 e. The van der Waals surface area contributed by atoms with E-state index >= 15 is 0 Å². The van der Waals surface area contributed by atoms with Gasteiger partial charge in [0.15, 0.2) is 5.96 Å².